The Hall–Kier alpha value is -1.08. The Morgan fingerprint density at radius 2 is 1.95 bits per heavy atom. The molecule has 1 aromatic rings. The van der Waals surface area contributed by atoms with Gasteiger partial charge < -0.3 is 11.1 Å². The van der Waals surface area contributed by atoms with Crippen LogP contribution in [-0.2, 0) is 6.42 Å². The molecule has 1 fully saturated rings. The molecular formula is C14H22N4OS2. The number of rotatable bonds is 4. The maximum absolute atomic E-state index is 12.6. The Balaban J connectivity index is 2.18. The number of nitrogens with one attached hydrogen (secondary N) is 1. The lowest BCUT2D eigenvalue weighted by atomic mass is 9.83. The molecule has 21 heavy (non-hydrogen) atoms. The zero-order valence-electron chi connectivity index (χ0n) is 12.4. The summed E-state index contributed by atoms with van der Waals surface area (Å²) in [6, 6.07) is 0. The molecule has 0 bridgehead atoms. The highest BCUT2D eigenvalue weighted by molar-refractivity contribution is 7.80. The van der Waals surface area contributed by atoms with E-state index in [1.807, 2.05) is 6.92 Å². The van der Waals surface area contributed by atoms with Crippen molar-refractivity contribution in [3.05, 3.63) is 10.6 Å². The van der Waals surface area contributed by atoms with Gasteiger partial charge in [0, 0.05) is 0 Å². The summed E-state index contributed by atoms with van der Waals surface area (Å²) in [6.07, 6.45) is 8.01. The molecule has 1 aromatic heterocycles. The van der Waals surface area contributed by atoms with Gasteiger partial charge in [0.15, 0.2) is 0 Å². The molecule has 1 amide bonds. The van der Waals surface area contributed by atoms with Crippen molar-refractivity contribution in [2.24, 2.45) is 5.73 Å². The summed E-state index contributed by atoms with van der Waals surface area (Å²) in [7, 11) is 0. The molecule has 2 rings (SSSR count). The van der Waals surface area contributed by atoms with Crippen LogP contribution in [0.15, 0.2) is 0 Å². The van der Waals surface area contributed by atoms with E-state index >= 15 is 0 Å². The molecule has 0 unspecified atom stereocenters. The molecular weight excluding hydrogens is 304 g/mol. The van der Waals surface area contributed by atoms with Gasteiger partial charge in [-0.25, -0.2) is 0 Å². The molecule has 1 heterocycles. The lowest BCUT2D eigenvalue weighted by molar-refractivity contribution is 0.0916. The summed E-state index contributed by atoms with van der Waals surface area (Å²) in [5, 5.41) is 7.10. The molecule has 1 saturated carbocycles. The second kappa shape index (κ2) is 7.26. The average molecular weight is 326 g/mol. The molecule has 5 nitrogen and oxygen atoms in total. The van der Waals surface area contributed by atoms with E-state index in [9.17, 15) is 4.79 Å². The van der Waals surface area contributed by atoms with Crippen molar-refractivity contribution in [2.75, 3.05) is 0 Å². The number of hydrogen-bond acceptors (Lipinski definition) is 5. The van der Waals surface area contributed by atoms with Crippen LogP contribution in [0.25, 0.3) is 0 Å². The van der Waals surface area contributed by atoms with Gasteiger partial charge in [-0.2, -0.15) is 0 Å². The predicted octanol–water partition coefficient (Wildman–Crippen LogP) is 2.60. The first-order valence-electron chi connectivity index (χ1n) is 7.52. The molecule has 0 saturated heterocycles. The highest BCUT2D eigenvalue weighted by atomic mass is 32.1. The predicted molar refractivity (Wildman–Crippen MR) is 88.6 cm³/mol. The van der Waals surface area contributed by atoms with Gasteiger partial charge in [-0.1, -0.05) is 55.7 Å². The van der Waals surface area contributed by atoms with Crippen molar-refractivity contribution in [1.82, 2.24) is 14.9 Å². The van der Waals surface area contributed by atoms with Gasteiger partial charge in [0.2, 0.25) is 0 Å². The highest BCUT2D eigenvalue weighted by Crippen LogP contribution is 2.27. The molecule has 0 radical (unpaired) electrons. The molecule has 0 aromatic carbocycles. The molecule has 0 spiro atoms. The monoisotopic (exact) mass is 326 g/mol. The maximum Gasteiger partial charge on any atom is 0.265 e. The number of nitrogens with two attached hydrogens (primary N) is 1. The smallest absolute Gasteiger partial charge is 0.265 e. The van der Waals surface area contributed by atoms with E-state index in [1.54, 1.807) is 0 Å². The van der Waals surface area contributed by atoms with Crippen LogP contribution >= 0.6 is 23.8 Å². The third kappa shape index (κ3) is 3.77. The number of thiocarbonyl (C=S) groups is 1. The van der Waals surface area contributed by atoms with Crippen molar-refractivity contribution < 1.29 is 4.79 Å². The number of carbonyl (C=O) groups is 1. The quantitative estimate of drug-likeness (QED) is 0.831. The third-order valence-corrected chi connectivity index (χ3v) is 5.29. The summed E-state index contributed by atoms with van der Waals surface area (Å²) in [4.78, 5) is 13.5. The number of carbonyl (C=O) groups excluding carboxylic acids is 1. The number of aryl methyl sites for hydroxylation is 1. The summed E-state index contributed by atoms with van der Waals surface area (Å²) in [5.41, 5.74) is 6.17. The van der Waals surface area contributed by atoms with E-state index in [0.29, 0.717) is 16.3 Å². The van der Waals surface area contributed by atoms with E-state index in [2.05, 4.69) is 14.9 Å². The van der Waals surface area contributed by atoms with Crippen molar-refractivity contribution in [3.8, 4) is 0 Å². The summed E-state index contributed by atoms with van der Waals surface area (Å²) >= 11 is 6.41. The van der Waals surface area contributed by atoms with Gasteiger partial charge in [-0.15, -0.1) is 5.10 Å². The Bertz CT molecular complexity index is 507. The number of aromatic nitrogens is 2. The summed E-state index contributed by atoms with van der Waals surface area (Å²) in [5.74, 6) is -0.143. The van der Waals surface area contributed by atoms with Gasteiger partial charge in [-0.3, -0.25) is 4.79 Å². The number of hydrogen-bond donors (Lipinski definition) is 2. The minimum absolute atomic E-state index is 0.143. The fourth-order valence-corrected chi connectivity index (χ4v) is 3.73. The van der Waals surface area contributed by atoms with Crippen LogP contribution < -0.4 is 11.1 Å². The minimum Gasteiger partial charge on any atom is -0.391 e. The first-order valence-corrected chi connectivity index (χ1v) is 8.71. The van der Waals surface area contributed by atoms with Crippen LogP contribution in [0.2, 0.25) is 0 Å². The summed E-state index contributed by atoms with van der Waals surface area (Å²) in [6.45, 7) is 1.96. The highest BCUT2D eigenvalue weighted by Gasteiger charge is 2.36. The van der Waals surface area contributed by atoms with Crippen molar-refractivity contribution in [3.63, 3.8) is 0 Å². The first kappa shape index (κ1) is 16.3. The molecule has 7 heteroatoms. The van der Waals surface area contributed by atoms with Crippen LogP contribution in [0.5, 0.6) is 0 Å². The van der Waals surface area contributed by atoms with E-state index < -0.39 is 5.54 Å². The van der Waals surface area contributed by atoms with Gasteiger partial charge in [0.05, 0.1) is 16.2 Å². The Kier molecular flexibility index (Phi) is 5.64. The standard InChI is InChI=1S/C14H22N4OS2/c1-2-10-11(21-18-17-10)12(19)16-14(13(15)20)8-6-4-3-5-7-9-14/h2-9H2,1H3,(H2,15,20)(H,16,19). The molecule has 116 valence electrons. The Morgan fingerprint density at radius 3 is 2.52 bits per heavy atom. The van der Waals surface area contributed by atoms with Gasteiger partial charge in [0.1, 0.15) is 4.88 Å². The van der Waals surface area contributed by atoms with Gasteiger partial charge in [-0.05, 0) is 30.8 Å². The second-order valence-electron chi connectivity index (χ2n) is 5.57. The van der Waals surface area contributed by atoms with Crippen LogP contribution in [0.4, 0.5) is 0 Å². The van der Waals surface area contributed by atoms with Gasteiger partial charge >= 0.3 is 0 Å². The SMILES string of the molecule is CCc1nnsc1C(=O)NC1(C(N)=S)CCCCCCC1. The van der Waals surface area contributed by atoms with Crippen LogP contribution in [-0.4, -0.2) is 26.0 Å². The van der Waals surface area contributed by atoms with Crippen molar-refractivity contribution in [1.29, 1.82) is 0 Å². The van der Waals surface area contributed by atoms with E-state index in [0.717, 1.165) is 42.9 Å². The van der Waals surface area contributed by atoms with Crippen molar-refractivity contribution in [2.45, 2.75) is 63.8 Å². The largest absolute Gasteiger partial charge is 0.391 e. The first-order chi connectivity index (χ1) is 10.1. The van der Waals surface area contributed by atoms with Crippen LogP contribution in [0, 0.1) is 0 Å². The average Bonchev–Trinajstić information content (AvgIpc) is 2.90. The molecule has 0 atom stereocenters. The lowest BCUT2D eigenvalue weighted by Crippen LogP contribution is -2.57. The van der Waals surface area contributed by atoms with Crippen LogP contribution in [0.3, 0.4) is 0 Å². The summed E-state index contributed by atoms with van der Waals surface area (Å²) < 4.78 is 3.87. The van der Waals surface area contributed by atoms with Gasteiger partial charge in [0.25, 0.3) is 5.91 Å². The normalized spacial score (nSPS) is 18.5. The molecule has 3 N–H and O–H groups in total. The Labute approximate surface area is 134 Å². The third-order valence-electron chi connectivity index (χ3n) is 4.13. The second-order valence-corrected chi connectivity index (χ2v) is 6.76. The topological polar surface area (TPSA) is 80.9 Å². The van der Waals surface area contributed by atoms with E-state index in [4.69, 9.17) is 18.0 Å². The maximum atomic E-state index is 12.6. The van der Waals surface area contributed by atoms with E-state index in [1.165, 1.54) is 19.3 Å². The minimum atomic E-state index is -0.554. The molecule has 1 aliphatic carbocycles. The number of amides is 1. The molecule has 0 aliphatic heterocycles. The molecule has 1 aliphatic rings. The lowest BCUT2D eigenvalue weighted by Gasteiger charge is -2.35. The Morgan fingerprint density at radius 1 is 1.33 bits per heavy atom. The zero-order chi connectivity index (χ0) is 15.3. The zero-order valence-corrected chi connectivity index (χ0v) is 14.0. The van der Waals surface area contributed by atoms with Crippen LogP contribution in [0.1, 0.15) is 67.2 Å². The fraction of sp³-hybridized carbons (Fsp3) is 0.714. The number of nitrogens with zero attached hydrogens (tertiary/aromatic N) is 2. The fourth-order valence-electron chi connectivity index (χ4n) is 2.83. The van der Waals surface area contributed by atoms with E-state index in [-0.39, 0.29) is 5.91 Å². The van der Waals surface area contributed by atoms with Crippen molar-refractivity contribution >= 4 is 34.6 Å².